The van der Waals surface area contributed by atoms with E-state index >= 15 is 0 Å². The van der Waals surface area contributed by atoms with E-state index in [0.717, 1.165) is 25.7 Å². The highest BCUT2D eigenvalue weighted by molar-refractivity contribution is 5.93. The molecule has 0 fully saturated rings. The Morgan fingerprint density at radius 2 is 0.895 bits per heavy atom. The molecule has 10 N–H and O–H groups in total. The van der Waals surface area contributed by atoms with Crippen molar-refractivity contribution in [3.05, 3.63) is 0 Å². The molecule has 3 amide bonds. The summed E-state index contributed by atoms with van der Waals surface area (Å²) in [5.41, 5.74) is 11.1. The van der Waals surface area contributed by atoms with E-state index in [0.29, 0.717) is 45.2 Å². The van der Waals surface area contributed by atoms with Gasteiger partial charge in [0, 0.05) is 6.42 Å². The first-order valence-electron chi connectivity index (χ1n) is 19.7. The summed E-state index contributed by atoms with van der Waals surface area (Å²) in [5.74, 6) is -8.10. The van der Waals surface area contributed by atoms with Gasteiger partial charge in [0.2, 0.25) is 17.7 Å². The highest BCUT2D eigenvalue weighted by atomic mass is 19.4. The summed E-state index contributed by atoms with van der Waals surface area (Å²) in [6.07, 6.45) is 9.45. The molecular formula is C37H67F6N5O9. The molecular weight excluding hydrogens is 772 g/mol. The number of rotatable bonds is 29. The Balaban J connectivity index is -0.00000175. The quantitative estimate of drug-likeness (QED) is 0.0312. The van der Waals surface area contributed by atoms with Crippen LogP contribution in [0.5, 0.6) is 0 Å². The first-order valence-corrected chi connectivity index (χ1v) is 19.7. The number of aliphatic carboxylic acids is 3. The predicted octanol–water partition coefficient (Wildman–Crippen LogP) is 6.19. The number of amides is 3. The van der Waals surface area contributed by atoms with Crippen molar-refractivity contribution in [2.45, 2.75) is 180 Å². The van der Waals surface area contributed by atoms with Gasteiger partial charge in [-0.2, -0.15) is 26.3 Å². The Morgan fingerprint density at radius 3 is 1.23 bits per heavy atom. The van der Waals surface area contributed by atoms with Gasteiger partial charge in [0.15, 0.2) is 0 Å². The fourth-order valence-electron chi connectivity index (χ4n) is 5.13. The zero-order chi connectivity index (χ0) is 44.5. The van der Waals surface area contributed by atoms with Crippen molar-refractivity contribution in [2.75, 3.05) is 13.1 Å². The highest BCUT2D eigenvalue weighted by Crippen LogP contribution is 2.15. The fourth-order valence-corrected chi connectivity index (χ4v) is 5.13. The summed E-state index contributed by atoms with van der Waals surface area (Å²) in [7, 11) is 0. The van der Waals surface area contributed by atoms with Crippen molar-refractivity contribution in [3.8, 4) is 0 Å². The monoisotopic (exact) mass is 839 g/mol. The lowest BCUT2D eigenvalue weighted by Crippen LogP contribution is -2.57. The van der Waals surface area contributed by atoms with Crippen LogP contribution in [-0.2, 0) is 28.8 Å². The molecule has 14 nitrogen and oxygen atoms in total. The van der Waals surface area contributed by atoms with Crippen molar-refractivity contribution in [1.82, 2.24) is 16.0 Å². The first-order chi connectivity index (χ1) is 26.6. The van der Waals surface area contributed by atoms with Crippen molar-refractivity contribution >= 4 is 35.6 Å². The Morgan fingerprint density at radius 1 is 0.526 bits per heavy atom. The Hall–Kier alpha value is -3.68. The van der Waals surface area contributed by atoms with Crippen molar-refractivity contribution < 1.29 is 70.4 Å². The Kier molecular flexibility index (Phi) is 34.8. The molecule has 3 atom stereocenters. The van der Waals surface area contributed by atoms with Gasteiger partial charge in [-0.15, -0.1) is 0 Å². The lowest BCUT2D eigenvalue weighted by Gasteiger charge is -2.26. The second kappa shape index (κ2) is 34.4. The number of nitrogens with one attached hydrogen (secondary N) is 3. The molecule has 0 aromatic carbocycles. The maximum absolute atomic E-state index is 13.2. The van der Waals surface area contributed by atoms with E-state index in [-0.39, 0.29) is 18.2 Å². The summed E-state index contributed by atoms with van der Waals surface area (Å²) in [6.45, 7) is 6.74. The van der Waals surface area contributed by atoms with Gasteiger partial charge in [0.25, 0.3) is 0 Å². The standard InChI is InChI=1S/C33H65N5O5.2C2HF3O2/c1-4-5-6-7-8-9-10-11-12-13-14-15-16-23-29(39)36-27(21-17-19-24-34)31(40)38-30(26(2)3)32(41)37-28(33(42)43)22-18-20-25-35;2*3-2(4,5)1(6)7/h26-28,30H,4-25,34-35H2,1-3H3,(H,36,39)(H,37,41)(H,38,40)(H,42,43);2*(H,6,7). The van der Waals surface area contributed by atoms with Gasteiger partial charge in [-0.05, 0) is 64.0 Å². The molecule has 20 heteroatoms. The predicted molar refractivity (Wildman–Crippen MR) is 202 cm³/mol. The second-order valence-corrected chi connectivity index (χ2v) is 13.9. The summed E-state index contributed by atoms with van der Waals surface area (Å²) in [4.78, 5) is 68.4. The molecule has 0 aliphatic heterocycles. The Bertz CT molecular complexity index is 1100. The van der Waals surface area contributed by atoms with Gasteiger partial charge >= 0.3 is 30.3 Å². The number of unbranched alkanes of at least 4 members (excludes halogenated alkanes) is 14. The average molecular weight is 840 g/mol. The number of carbonyl (C=O) groups excluding carboxylic acids is 3. The second-order valence-electron chi connectivity index (χ2n) is 13.9. The van der Waals surface area contributed by atoms with Gasteiger partial charge in [-0.25, -0.2) is 14.4 Å². The maximum Gasteiger partial charge on any atom is 0.490 e. The van der Waals surface area contributed by atoms with Crippen molar-refractivity contribution in [3.63, 3.8) is 0 Å². The van der Waals surface area contributed by atoms with E-state index in [2.05, 4.69) is 22.9 Å². The molecule has 57 heavy (non-hydrogen) atoms. The average Bonchev–Trinajstić information content (AvgIpc) is 3.11. The number of carboxylic acids is 3. The van der Waals surface area contributed by atoms with Gasteiger partial charge in [0.05, 0.1) is 0 Å². The largest absolute Gasteiger partial charge is 0.490 e. The van der Waals surface area contributed by atoms with Crippen LogP contribution in [0.15, 0.2) is 0 Å². The molecule has 3 unspecified atom stereocenters. The van der Waals surface area contributed by atoms with Crippen LogP contribution in [0.25, 0.3) is 0 Å². The van der Waals surface area contributed by atoms with E-state index in [1.165, 1.54) is 64.2 Å². The summed E-state index contributed by atoms with van der Waals surface area (Å²) in [6, 6.07) is -2.77. The summed E-state index contributed by atoms with van der Waals surface area (Å²) in [5, 5.41) is 32.0. The highest BCUT2D eigenvalue weighted by Gasteiger charge is 2.39. The molecule has 0 saturated heterocycles. The van der Waals surface area contributed by atoms with Crippen LogP contribution >= 0.6 is 0 Å². The number of carboxylic acid groups (broad SMARTS) is 3. The molecule has 0 rings (SSSR count). The van der Waals surface area contributed by atoms with Crippen LogP contribution in [0.1, 0.15) is 149 Å². The number of hydrogen-bond acceptors (Lipinski definition) is 8. The zero-order valence-corrected chi connectivity index (χ0v) is 33.6. The van der Waals surface area contributed by atoms with Crippen LogP contribution in [0.2, 0.25) is 0 Å². The molecule has 0 bridgehead atoms. The molecule has 0 heterocycles. The normalized spacial score (nSPS) is 12.8. The summed E-state index contributed by atoms with van der Waals surface area (Å²) >= 11 is 0. The minimum absolute atomic E-state index is 0.174. The van der Waals surface area contributed by atoms with Gasteiger partial charge in [-0.3, -0.25) is 14.4 Å². The molecule has 336 valence electrons. The first kappa shape index (κ1) is 57.6. The molecule has 0 spiro atoms. The molecule has 0 aliphatic rings. The lowest BCUT2D eigenvalue weighted by atomic mass is 10.0. The summed E-state index contributed by atoms with van der Waals surface area (Å²) < 4.78 is 63.5. The van der Waals surface area contributed by atoms with E-state index in [9.17, 15) is 50.6 Å². The van der Waals surface area contributed by atoms with E-state index in [1.54, 1.807) is 13.8 Å². The number of hydrogen-bond donors (Lipinski definition) is 8. The number of nitrogens with two attached hydrogens (primary N) is 2. The van der Waals surface area contributed by atoms with Gasteiger partial charge in [0.1, 0.15) is 18.1 Å². The SMILES string of the molecule is CCCCCCCCCCCCCCCC(=O)NC(CCCCN)C(=O)NC(C(=O)NC(CCCCN)C(=O)O)C(C)C.O=C(O)C(F)(F)F.O=C(O)C(F)(F)F. The zero-order valence-electron chi connectivity index (χ0n) is 33.6. The van der Waals surface area contributed by atoms with Gasteiger partial charge in [-0.1, -0.05) is 97.8 Å². The number of carbonyl (C=O) groups is 6. The van der Waals surface area contributed by atoms with Crippen molar-refractivity contribution in [2.24, 2.45) is 17.4 Å². The fraction of sp³-hybridized carbons (Fsp3) is 0.838. The van der Waals surface area contributed by atoms with Crippen LogP contribution < -0.4 is 27.4 Å². The molecule has 0 aromatic rings. The number of halogens is 6. The molecule has 0 aliphatic carbocycles. The third-order valence-corrected chi connectivity index (χ3v) is 8.40. The molecule has 0 saturated carbocycles. The minimum Gasteiger partial charge on any atom is -0.480 e. The number of alkyl halides is 6. The maximum atomic E-state index is 13.2. The van der Waals surface area contributed by atoms with Crippen LogP contribution in [0, 0.1) is 5.92 Å². The molecule has 0 aromatic heterocycles. The third kappa shape index (κ3) is 35.2. The van der Waals surface area contributed by atoms with Gasteiger partial charge < -0.3 is 42.7 Å². The van der Waals surface area contributed by atoms with E-state index in [4.69, 9.17) is 31.3 Å². The minimum atomic E-state index is -5.08. The topological polar surface area (TPSA) is 251 Å². The third-order valence-electron chi connectivity index (χ3n) is 8.40. The van der Waals surface area contributed by atoms with Crippen LogP contribution in [0.3, 0.4) is 0 Å². The van der Waals surface area contributed by atoms with Crippen LogP contribution in [0.4, 0.5) is 26.3 Å². The van der Waals surface area contributed by atoms with E-state index in [1.807, 2.05) is 0 Å². The molecule has 0 radical (unpaired) electrons. The Labute approximate surface area is 332 Å². The van der Waals surface area contributed by atoms with Crippen LogP contribution in [-0.4, -0.2) is 94.5 Å². The van der Waals surface area contributed by atoms with E-state index < -0.39 is 60.2 Å². The van der Waals surface area contributed by atoms with Crippen molar-refractivity contribution in [1.29, 1.82) is 0 Å². The smallest absolute Gasteiger partial charge is 0.480 e. The lowest BCUT2D eigenvalue weighted by molar-refractivity contribution is -0.193.